The summed E-state index contributed by atoms with van der Waals surface area (Å²) in [5.74, 6) is -0.221. The summed E-state index contributed by atoms with van der Waals surface area (Å²) >= 11 is 6.26. The molecule has 148 valence electrons. The fraction of sp³-hybridized carbons (Fsp3) is 0.125. The molecular weight excluding hydrogens is 400 g/mol. The second-order valence-electron chi connectivity index (χ2n) is 7.38. The van der Waals surface area contributed by atoms with Gasteiger partial charge in [0.15, 0.2) is 5.43 Å². The summed E-state index contributed by atoms with van der Waals surface area (Å²) in [6.07, 6.45) is 3.40. The van der Waals surface area contributed by atoms with E-state index >= 15 is 0 Å². The largest absolute Gasteiger partial charge is 0.450 e. The molecule has 1 aliphatic heterocycles. The maximum atomic E-state index is 13.5. The Labute approximate surface area is 177 Å². The van der Waals surface area contributed by atoms with Crippen LogP contribution in [0.5, 0.6) is 0 Å². The summed E-state index contributed by atoms with van der Waals surface area (Å²) in [7, 11) is 0. The number of carbonyl (C=O) groups is 1. The number of amides is 1. The van der Waals surface area contributed by atoms with E-state index in [1.807, 2.05) is 49.4 Å². The lowest BCUT2D eigenvalue weighted by Crippen LogP contribution is -2.29. The Kier molecular flexibility index (Phi) is 4.40. The molecule has 1 aliphatic rings. The molecule has 0 saturated heterocycles. The van der Waals surface area contributed by atoms with Gasteiger partial charge in [-0.1, -0.05) is 48.0 Å². The van der Waals surface area contributed by atoms with Crippen molar-refractivity contribution in [3.05, 3.63) is 110 Å². The third-order valence-corrected chi connectivity index (χ3v) is 5.85. The van der Waals surface area contributed by atoms with E-state index in [0.29, 0.717) is 28.1 Å². The minimum atomic E-state index is -0.547. The van der Waals surface area contributed by atoms with Gasteiger partial charge in [-0.3, -0.25) is 14.6 Å². The van der Waals surface area contributed by atoms with Crippen LogP contribution in [0.1, 0.15) is 38.9 Å². The van der Waals surface area contributed by atoms with E-state index in [9.17, 15) is 9.59 Å². The molecule has 1 atom stereocenters. The van der Waals surface area contributed by atoms with E-state index in [-0.39, 0.29) is 17.1 Å². The Morgan fingerprint density at radius 1 is 1.10 bits per heavy atom. The Morgan fingerprint density at radius 3 is 2.63 bits per heavy atom. The van der Waals surface area contributed by atoms with Crippen LogP contribution in [0, 0.1) is 6.92 Å². The van der Waals surface area contributed by atoms with Crippen molar-refractivity contribution in [2.45, 2.75) is 19.5 Å². The van der Waals surface area contributed by atoms with Crippen LogP contribution in [-0.4, -0.2) is 15.8 Å². The first-order valence-corrected chi connectivity index (χ1v) is 9.94. The van der Waals surface area contributed by atoms with Crippen molar-refractivity contribution in [3.8, 4) is 0 Å². The number of hydrogen-bond acceptors (Lipinski definition) is 4. The highest BCUT2D eigenvalue weighted by Gasteiger charge is 2.42. The average Bonchev–Trinajstić information content (AvgIpc) is 3.03. The van der Waals surface area contributed by atoms with Gasteiger partial charge in [-0.05, 0) is 41.8 Å². The molecule has 2 aromatic heterocycles. The third kappa shape index (κ3) is 2.90. The van der Waals surface area contributed by atoms with E-state index in [1.54, 1.807) is 29.4 Å². The summed E-state index contributed by atoms with van der Waals surface area (Å²) in [5.41, 5.74) is 2.98. The first kappa shape index (κ1) is 18.6. The average molecular weight is 417 g/mol. The molecule has 5 nitrogen and oxygen atoms in total. The number of benzene rings is 2. The van der Waals surface area contributed by atoms with E-state index in [0.717, 1.165) is 16.7 Å². The predicted molar refractivity (Wildman–Crippen MR) is 115 cm³/mol. The second-order valence-corrected chi connectivity index (χ2v) is 7.79. The van der Waals surface area contributed by atoms with Gasteiger partial charge in [-0.2, -0.15) is 0 Å². The van der Waals surface area contributed by atoms with Gasteiger partial charge in [0, 0.05) is 24.0 Å². The highest BCUT2D eigenvalue weighted by Crippen LogP contribution is 2.39. The van der Waals surface area contributed by atoms with Gasteiger partial charge in [-0.25, -0.2) is 0 Å². The lowest BCUT2D eigenvalue weighted by atomic mass is 9.98. The number of nitrogens with zero attached hydrogens (tertiary/aromatic N) is 2. The van der Waals surface area contributed by atoms with E-state index in [1.165, 1.54) is 0 Å². The lowest BCUT2D eigenvalue weighted by Gasteiger charge is -2.25. The molecule has 30 heavy (non-hydrogen) atoms. The maximum Gasteiger partial charge on any atom is 0.291 e. The summed E-state index contributed by atoms with van der Waals surface area (Å²) in [6, 6.07) is 16.0. The Bertz CT molecular complexity index is 1330. The standard InChI is InChI=1S/C24H17ClN2O3/c1-14-10-19-17(11-18(14)25)22(28)20-21(16-7-3-2-4-8-16)27(24(29)23(20)30-19)13-15-6-5-9-26-12-15/h2-12,21H,13H2,1H3/t21-/m1/s1. The molecule has 0 aliphatic carbocycles. The molecule has 0 radical (unpaired) electrons. The molecule has 0 saturated carbocycles. The van der Waals surface area contributed by atoms with Gasteiger partial charge in [0.25, 0.3) is 5.91 Å². The first-order valence-electron chi connectivity index (χ1n) is 9.56. The number of halogens is 1. The molecule has 0 N–H and O–H groups in total. The molecule has 3 heterocycles. The van der Waals surface area contributed by atoms with Crippen LogP contribution in [0.3, 0.4) is 0 Å². The summed E-state index contributed by atoms with van der Waals surface area (Å²) < 4.78 is 5.99. The van der Waals surface area contributed by atoms with Gasteiger partial charge < -0.3 is 9.32 Å². The number of aryl methyl sites for hydroxylation is 1. The molecule has 1 amide bonds. The van der Waals surface area contributed by atoms with Crippen molar-refractivity contribution < 1.29 is 9.21 Å². The zero-order valence-electron chi connectivity index (χ0n) is 16.1. The molecule has 0 unspecified atom stereocenters. The molecule has 0 fully saturated rings. The molecule has 4 aromatic rings. The van der Waals surface area contributed by atoms with Crippen LogP contribution in [0.4, 0.5) is 0 Å². The molecule has 5 rings (SSSR count). The quantitative estimate of drug-likeness (QED) is 0.476. The van der Waals surface area contributed by atoms with Crippen molar-refractivity contribution in [1.29, 1.82) is 0 Å². The fourth-order valence-electron chi connectivity index (χ4n) is 3.97. The van der Waals surface area contributed by atoms with Crippen LogP contribution in [-0.2, 0) is 6.54 Å². The number of carbonyl (C=O) groups excluding carboxylic acids is 1. The van der Waals surface area contributed by atoms with Gasteiger partial charge in [0.2, 0.25) is 5.76 Å². The van der Waals surface area contributed by atoms with Gasteiger partial charge >= 0.3 is 0 Å². The van der Waals surface area contributed by atoms with Crippen molar-refractivity contribution in [2.24, 2.45) is 0 Å². The van der Waals surface area contributed by atoms with E-state index in [4.69, 9.17) is 16.0 Å². The van der Waals surface area contributed by atoms with Crippen LogP contribution in [0.2, 0.25) is 5.02 Å². The minimum absolute atomic E-state index is 0.0898. The van der Waals surface area contributed by atoms with Crippen molar-refractivity contribution >= 4 is 28.5 Å². The normalized spacial score (nSPS) is 15.6. The van der Waals surface area contributed by atoms with Crippen molar-refractivity contribution in [3.63, 3.8) is 0 Å². The first-order chi connectivity index (χ1) is 14.5. The Hall–Kier alpha value is -3.44. The Balaban J connectivity index is 1.75. The second kappa shape index (κ2) is 7.11. The summed E-state index contributed by atoms with van der Waals surface area (Å²) in [5, 5.41) is 0.865. The maximum absolute atomic E-state index is 13.5. The summed E-state index contributed by atoms with van der Waals surface area (Å²) in [6.45, 7) is 2.14. The fourth-order valence-corrected chi connectivity index (χ4v) is 4.14. The van der Waals surface area contributed by atoms with Gasteiger partial charge in [-0.15, -0.1) is 0 Å². The number of hydrogen-bond donors (Lipinski definition) is 0. The van der Waals surface area contributed by atoms with E-state index < -0.39 is 6.04 Å². The number of fused-ring (bicyclic) bond motifs is 2. The Morgan fingerprint density at radius 2 is 1.90 bits per heavy atom. The summed E-state index contributed by atoms with van der Waals surface area (Å²) in [4.78, 5) is 32.7. The third-order valence-electron chi connectivity index (χ3n) is 5.44. The highest BCUT2D eigenvalue weighted by molar-refractivity contribution is 6.32. The molecule has 0 spiro atoms. The van der Waals surface area contributed by atoms with Crippen LogP contribution >= 0.6 is 11.6 Å². The highest BCUT2D eigenvalue weighted by atomic mass is 35.5. The van der Waals surface area contributed by atoms with E-state index in [2.05, 4.69) is 4.98 Å². The van der Waals surface area contributed by atoms with Gasteiger partial charge in [0.1, 0.15) is 5.58 Å². The molecule has 2 aromatic carbocycles. The van der Waals surface area contributed by atoms with Crippen molar-refractivity contribution in [1.82, 2.24) is 9.88 Å². The van der Waals surface area contributed by atoms with Crippen LogP contribution in [0.15, 0.2) is 76.2 Å². The molecular formula is C24H17ClN2O3. The number of aromatic nitrogens is 1. The minimum Gasteiger partial charge on any atom is -0.450 e. The van der Waals surface area contributed by atoms with Crippen molar-refractivity contribution in [2.75, 3.05) is 0 Å². The zero-order valence-corrected chi connectivity index (χ0v) is 16.9. The van der Waals surface area contributed by atoms with Crippen LogP contribution in [0.25, 0.3) is 11.0 Å². The zero-order chi connectivity index (χ0) is 20.8. The topological polar surface area (TPSA) is 63.4 Å². The lowest BCUT2D eigenvalue weighted by molar-refractivity contribution is 0.0714. The smallest absolute Gasteiger partial charge is 0.291 e. The molecule has 0 bridgehead atoms. The SMILES string of the molecule is Cc1cc2oc3c(c(=O)c2cc1Cl)[C@@H](c1ccccc1)N(Cc1cccnc1)C3=O. The number of rotatable bonds is 3. The molecule has 6 heteroatoms. The predicted octanol–water partition coefficient (Wildman–Crippen LogP) is 4.90. The van der Waals surface area contributed by atoms with Gasteiger partial charge in [0.05, 0.1) is 17.0 Å². The number of pyridine rings is 1. The van der Waals surface area contributed by atoms with Crippen LogP contribution < -0.4 is 5.43 Å². The monoisotopic (exact) mass is 416 g/mol.